The summed E-state index contributed by atoms with van der Waals surface area (Å²) < 4.78 is 43.2. The number of amides is 6. The van der Waals surface area contributed by atoms with E-state index in [1.165, 1.54) is 18.2 Å². The van der Waals surface area contributed by atoms with Gasteiger partial charge in [-0.2, -0.15) is 11.8 Å². The van der Waals surface area contributed by atoms with Gasteiger partial charge < -0.3 is 111 Å². The second-order valence-corrected chi connectivity index (χ2v) is 18.4. The van der Waals surface area contributed by atoms with E-state index in [0.717, 1.165) is 18.6 Å². The van der Waals surface area contributed by atoms with Gasteiger partial charge in [-0.15, -0.1) is 0 Å². The first kappa shape index (κ1) is 59.0. The number of rotatable bonds is 32. The molecule has 4 aliphatic heterocycles. The summed E-state index contributed by atoms with van der Waals surface area (Å²) in [5, 5.41) is 95.0. The Bertz CT molecular complexity index is 1770. The van der Waals surface area contributed by atoms with E-state index < -0.39 is 92.3 Å². The molecule has 0 aliphatic carbocycles. The van der Waals surface area contributed by atoms with Gasteiger partial charge in [0.2, 0.25) is 11.8 Å². The summed E-state index contributed by atoms with van der Waals surface area (Å²) in [5.41, 5.74) is 0.183. The van der Waals surface area contributed by atoms with Crippen molar-refractivity contribution in [2.24, 2.45) is 0 Å². The number of nitrogens with one attached hydrogen (secondary N) is 6. The third kappa shape index (κ3) is 18.5. The number of ether oxygens (including phenoxy) is 8. The molecular weight excluding hydrogens is 981 g/mol. The number of carbonyl (C=O) groups excluding carboxylic acids is 5. The minimum absolute atomic E-state index is 0.0355. The van der Waals surface area contributed by atoms with Crippen molar-refractivity contribution in [3.05, 3.63) is 29.3 Å². The third-order valence-electron chi connectivity index (χ3n) is 11.8. The lowest BCUT2D eigenvalue weighted by Crippen LogP contribution is -2.59. The lowest BCUT2D eigenvalue weighted by molar-refractivity contribution is -0.302. The van der Waals surface area contributed by atoms with Crippen molar-refractivity contribution in [1.29, 1.82) is 0 Å². The average Bonchev–Trinajstić information content (AvgIpc) is 3.93. The molecule has 1 aromatic carbocycles. The molecule has 0 saturated carbocycles. The molecule has 0 bridgehead atoms. The molecule has 0 unspecified atom stereocenters. The van der Waals surface area contributed by atoms with E-state index in [4.69, 9.17) is 37.9 Å². The zero-order valence-electron chi connectivity index (χ0n) is 39.7. The van der Waals surface area contributed by atoms with Crippen LogP contribution in [0, 0.1) is 0 Å². The molecule has 27 nitrogen and oxygen atoms in total. The van der Waals surface area contributed by atoms with Crippen LogP contribution in [0.4, 0.5) is 10.5 Å². The lowest BCUT2D eigenvalue weighted by Gasteiger charge is -2.39. The molecule has 1 aromatic rings. The summed E-state index contributed by atoms with van der Waals surface area (Å²) in [6, 6.07) is 4.12. The zero-order valence-corrected chi connectivity index (χ0v) is 40.5. The molecule has 4 aliphatic rings. The number of urea groups is 1. The highest BCUT2D eigenvalue weighted by Crippen LogP contribution is 2.33. The van der Waals surface area contributed by atoms with E-state index >= 15 is 0 Å². The Morgan fingerprint density at radius 1 is 0.611 bits per heavy atom. The first-order chi connectivity index (χ1) is 34.7. The van der Waals surface area contributed by atoms with Crippen molar-refractivity contribution in [2.75, 3.05) is 110 Å². The number of hydrogen-bond donors (Lipinski definition) is 14. The van der Waals surface area contributed by atoms with E-state index in [0.29, 0.717) is 6.42 Å². The van der Waals surface area contributed by atoms with Crippen LogP contribution in [-0.2, 0) is 47.5 Å². The predicted octanol–water partition coefficient (Wildman–Crippen LogP) is -5.37. The van der Waals surface area contributed by atoms with Gasteiger partial charge in [0, 0.05) is 47.3 Å². The zero-order chi connectivity index (χ0) is 52.0. The smallest absolute Gasteiger partial charge is 0.315 e. The molecule has 4 heterocycles. The van der Waals surface area contributed by atoms with Gasteiger partial charge >= 0.3 is 6.03 Å². The van der Waals surface area contributed by atoms with Gasteiger partial charge in [0.15, 0.2) is 12.6 Å². The highest BCUT2D eigenvalue weighted by Gasteiger charge is 2.45. The molecule has 0 aromatic heterocycles. The Labute approximate surface area is 419 Å². The lowest BCUT2D eigenvalue weighted by atomic mass is 9.99. The Kier molecular flexibility index (Phi) is 25.5. The maximum absolute atomic E-state index is 13.3. The number of aliphatic hydroxyl groups excluding tert-OH is 8. The van der Waals surface area contributed by atoms with Crippen LogP contribution < -0.4 is 31.9 Å². The van der Waals surface area contributed by atoms with Crippen LogP contribution in [0.3, 0.4) is 0 Å². The minimum Gasteiger partial charge on any atom is -0.394 e. The fourth-order valence-electron chi connectivity index (χ4n) is 7.89. The van der Waals surface area contributed by atoms with Crippen LogP contribution in [0.1, 0.15) is 46.4 Å². The van der Waals surface area contributed by atoms with Crippen molar-refractivity contribution in [3.8, 4) is 0 Å². The second-order valence-electron chi connectivity index (χ2n) is 17.1. The Morgan fingerprint density at radius 2 is 1.11 bits per heavy atom. The molecule has 0 radical (unpaired) electrons. The van der Waals surface area contributed by atoms with Gasteiger partial charge in [0.05, 0.1) is 97.9 Å². The molecule has 5 rings (SSSR count). The monoisotopic (exact) mass is 1050 g/mol. The number of aliphatic hydroxyl groups is 8. The van der Waals surface area contributed by atoms with E-state index in [-0.39, 0.29) is 138 Å². The topological polar surface area (TPSA) is 393 Å². The van der Waals surface area contributed by atoms with Crippen molar-refractivity contribution in [1.82, 2.24) is 26.6 Å². The number of carbonyl (C=O) groups is 5. The largest absolute Gasteiger partial charge is 0.394 e. The van der Waals surface area contributed by atoms with Crippen molar-refractivity contribution >= 4 is 47.1 Å². The molecule has 28 heteroatoms. The highest BCUT2D eigenvalue weighted by atomic mass is 32.2. The van der Waals surface area contributed by atoms with Gasteiger partial charge in [0.1, 0.15) is 48.8 Å². The fraction of sp³-hybridized carbons (Fsp3) is 0.750. The SMILES string of the molecule is O=C(CCCC[C@@H]1SC[C@@H]2NC(=O)N[C@@H]21)NCC(=O)Nc1cc(C(=O)NCCOCCOCCO[C@H]2O[C@H](CO)[C@@H](O)[C@H](O)[C@@H]2O)cc(C(=O)NCCOCCOCCO[C@H]2O[C@H](CO)[C@@H](O)[C@H](O)[C@@H]2O)c1. The third-order valence-corrected chi connectivity index (χ3v) is 13.3. The maximum atomic E-state index is 13.3. The standard InChI is InChI=1S/C44H70N6O21S/c51-21-28-34(55)36(57)38(59)42(70-28)68-15-13-66-11-9-64-7-5-45-40(61)24-17-25(41(62)46-6-8-65-10-12-67-14-16-69-43-39(60)37(58)35(56)29(22-52)71-43)19-26(18-24)48-32(54)20-47-31(53)4-2-1-3-30-33-27(23-72-30)49-44(63)50-33/h17-19,27-30,33-39,42-43,51-52,55-60H,1-16,20-23H2,(H,45,61)(H,46,62)(H,47,53)(H,48,54)(H2,49,50,63)/t27-,28+,29+,30-,33-,34+,35+,36-,37-,38-,39-,42-,43-/m0/s1. The van der Waals surface area contributed by atoms with E-state index in [2.05, 4.69) is 31.9 Å². The fourth-order valence-corrected chi connectivity index (χ4v) is 9.43. The summed E-state index contributed by atoms with van der Waals surface area (Å²) in [4.78, 5) is 63.8. The first-order valence-corrected chi connectivity index (χ1v) is 24.9. The molecule has 14 N–H and O–H groups in total. The van der Waals surface area contributed by atoms with Gasteiger partial charge in [0.25, 0.3) is 11.8 Å². The van der Waals surface area contributed by atoms with Crippen molar-refractivity contribution < 1.29 is 103 Å². The van der Waals surface area contributed by atoms with Gasteiger partial charge in [-0.25, -0.2) is 4.79 Å². The highest BCUT2D eigenvalue weighted by molar-refractivity contribution is 8.00. The number of unbranched alkanes of at least 4 members (excludes halogenated alkanes) is 1. The number of thioether (sulfide) groups is 1. The summed E-state index contributed by atoms with van der Waals surface area (Å²) in [6.45, 7) is -0.670. The number of hydrogen-bond acceptors (Lipinski definition) is 22. The summed E-state index contributed by atoms with van der Waals surface area (Å²) in [7, 11) is 0. The molecule has 408 valence electrons. The number of benzene rings is 1. The Balaban J connectivity index is 1.00. The summed E-state index contributed by atoms with van der Waals surface area (Å²) >= 11 is 1.79. The molecule has 72 heavy (non-hydrogen) atoms. The number of anilines is 1. The van der Waals surface area contributed by atoms with Crippen LogP contribution >= 0.6 is 11.8 Å². The van der Waals surface area contributed by atoms with Crippen molar-refractivity contribution in [3.63, 3.8) is 0 Å². The van der Waals surface area contributed by atoms with E-state index in [1.807, 2.05) is 0 Å². The van der Waals surface area contributed by atoms with Crippen LogP contribution in [0.5, 0.6) is 0 Å². The predicted molar refractivity (Wildman–Crippen MR) is 249 cm³/mol. The molecule has 4 fully saturated rings. The number of fused-ring (bicyclic) bond motifs is 1. The Hall–Kier alpha value is -3.92. The van der Waals surface area contributed by atoms with Gasteiger partial charge in [-0.05, 0) is 31.0 Å². The minimum atomic E-state index is -1.56. The van der Waals surface area contributed by atoms with E-state index in [9.17, 15) is 64.8 Å². The Morgan fingerprint density at radius 3 is 1.62 bits per heavy atom. The van der Waals surface area contributed by atoms with Gasteiger partial charge in [-0.1, -0.05) is 6.42 Å². The van der Waals surface area contributed by atoms with Gasteiger partial charge in [-0.3, -0.25) is 19.2 Å². The normalized spacial score (nSPS) is 28.9. The molecule has 13 atom stereocenters. The van der Waals surface area contributed by atoms with E-state index in [1.54, 1.807) is 11.8 Å². The van der Waals surface area contributed by atoms with Crippen LogP contribution in [0.25, 0.3) is 0 Å². The molecule has 6 amide bonds. The second kappa shape index (κ2) is 31.1. The van der Waals surface area contributed by atoms with Crippen molar-refractivity contribution in [2.45, 2.75) is 104 Å². The first-order valence-electron chi connectivity index (χ1n) is 23.8. The summed E-state index contributed by atoms with van der Waals surface area (Å²) in [6.07, 6.45) is -11.6. The molecule has 0 spiro atoms. The van der Waals surface area contributed by atoms with Crippen LogP contribution in [0.15, 0.2) is 18.2 Å². The maximum Gasteiger partial charge on any atom is 0.315 e. The molecular formula is C44H70N6O21S. The quantitative estimate of drug-likeness (QED) is 0.0237. The molecule has 4 saturated heterocycles. The van der Waals surface area contributed by atoms with Crippen LogP contribution in [0.2, 0.25) is 0 Å². The summed E-state index contributed by atoms with van der Waals surface area (Å²) in [5.74, 6) is -1.25. The van der Waals surface area contributed by atoms with Crippen LogP contribution in [-0.4, -0.2) is 254 Å². The average molecular weight is 1050 g/mol.